The lowest BCUT2D eigenvalue weighted by Gasteiger charge is -2.11. The predicted molar refractivity (Wildman–Crippen MR) is 51.6 cm³/mol. The van der Waals surface area contributed by atoms with Crippen LogP contribution in [0.4, 0.5) is 8.78 Å². The third-order valence-corrected chi connectivity index (χ3v) is 1.88. The summed E-state index contributed by atoms with van der Waals surface area (Å²) >= 11 is 5.65. The summed E-state index contributed by atoms with van der Waals surface area (Å²) in [5.74, 6) is 0. The lowest BCUT2D eigenvalue weighted by atomic mass is 10.1. The van der Waals surface area contributed by atoms with Crippen molar-refractivity contribution < 1.29 is 8.78 Å². The van der Waals surface area contributed by atoms with Crippen LogP contribution in [0.3, 0.4) is 0 Å². The topological polar surface area (TPSA) is 26.0 Å². The molecule has 0 saturated carbocycles. The molecule has 0 heterocycles. The average molecular weight is 228 g/mol. The molecule has 13 heavy (non-hydrogen) atoms. The van der Waals surface area contributed by atoms with Crippen molar-refractivity contribution in [1.82, 2.24) is 0 Å². The first-order valence-electron chi connectivity index (χ1n) is 3.41. The molecular weight excluding hydrogens is 219 g/mol. The molecule has 1 atom stereocenters. The molecule has 5 heteroatoms. The summed E-state index contributed by atoms with van der Waals surface area (Å²) < 4.78 is 24.2. The van der Waals surface area contributed by atoms with Crippen molar-refractivity contribution in [2.24, 2.45) is 5.73 Å². The Bertz CT molecular complexity index is 268. The summed E-state index contributed by atoms with van der Waals surface area (Å²) in [5, 5.41) is 0.283. The molecule has 0 spiro atoms. The second-order valence-corrected chi connectivity index (χ2v) is 2.79. The van der Waals surface area contributed by atoms with E-state index in [2.05, 4.69) is 0 Å². The highest BCUT2D eigenvalue weighted by molar-refractivity contribution is 6.31. The van der Waals surface area contributed by atoms with Crippen LogP contribution in [0.1, 0.15) is 11.6 Å². The van der Waals surface area contributed by atoms with Gasteiger partial charge in [0, 0.05) is 5.02 Å². The molecule has 2 N–H and O–H groups in total. The summed E-state index contributed by atoms with van der Waals surface area (Å²) in [5.41, 5.74) is 5.49. The SMILES string of the molecule is Cl.N[C@@H](c1ccccc1Cl)C(F)F. The lowest BCUT2D eigenvalue weighted by Crippen LogP contribution is -2.19. The molecule has 74 valence electrons. The second kappa shape index (κ2) is 5.37. The molecule has 1 aromatic rings. The molecule has 0 aromatic heterocycles. The fraction of sp³-hybridized carbons (Fsp3) is 0.250. The Kier molecular flexibility index (Phi) is 5.21. The molecule has 0 aliphatic heterocycles. The van der Waals surface area contributed by atoms with Gasteiger partial charge in [-0.05, 0) is 11.6 Å². The number of nitrogens with two attached hydrogens (primary N) is 1. The van der Waals surface area contributed by atoms with Gasteiger partial charge in [-0.1, -0.05) is 29.8 Å². The lowest BCUT2D eigenvalue weighted by molar-refractivity contribution is 0.116. The van der Waals surface area contributed by atoms with Gasteiger partial charge in [0.1, 0.15) is 0 Å². The van der Waals surface area contributed by atoms with E-state index in [0.29, 0.717) is 0 Å². The van der Waals surface area contributed by atoms with E-state index in [9.17, 15) is 8.78 Å². The van der Waals surface area contributed by atoms with Crippen molar-refractivity contribution in [2.45, 2.75) is 12.5 Å². The molecule has 0 unspecified atom stereocenters. The van der Waals surface area contributed by atoms with Gasteiger partial charge in [0.05, 0.1) is 6.04 Å². The smallest absolute Gasteiger partial charge is 0.257 e. The molecular formula is C8H9Cl2F2N. The maximum atomic E-state index is 12.1. The van der Waals surface area contributed by atoms with Crippen molar-refractivity contribution in [2.75, 3.05) is 0 Å². The number of alkyl halides is 2. The highest BCUT2D eigenvalue weighted by Crippen LogP contribution is 2.24. The van der Waals surface area contributed by atoms with Gasteiger partial charge in [-0.25, -0.2) is 8.78 Å². The Morgan fingerprint density at radius 1 is 1.23 bits per heavy atom. The Hall–Kier alpha value is -0.380. The number of hydrogen-bond acceptors (Lipinski definition) is 1. The van der Waals surface area contributed by atoms with Gasteiger partial charge in [-0.2, -0.15) is 0 Å². The van der Waals surface area contributed by atoms with E-state index < -0.39 is 12.5 Å². The van der Waals surface area contributed by atoms with Gasteiger partial charge in [-0.3, -0.25) is 0 Å². The maximum absolute atomic E-state index is 12.1. The van der Waals surface area contributed by atoms with Crippen molar-refractivity contribution in [3.8, 4) is 0 Å². The van der Waals surface area contributed by atoms with Crippen molar-refractivity contribution in [1.29, 1.82) is 0 Å². The summed E-state index contributed by atoms with van der Waals surface area (Å²) in [6, 6.07) is 5.05. The molecule has 0 aliphatic carbocycles. The number of rotatable bonds is 2. The van der Waals surface area contributed by atoms with Crippen LogP contribution < -0.4 is 5.73 Å². The summed E-state index contributed by atoms with van der Waals surface area (Å²) in [6.07, 6.45) is -2.58. The zero-order valence-corrected chi connectivity index (χ0v) is 8.16. The van der Waals surface area contributed by atoms with E-state index in [-0.39, 0.29) is 23.0 Å². The Morgan fingerprint density at radius 2 is 1.77 bits per heavy atom. The fourth-order valence-electron chi connectivity index (χ4n) is 0.881. The molecule has 0 radical (unpaired) electrons. The zero-order valence-electron chi connectivity index (χ0n) is 6.58. The minimum absolute atomic E-state index is 0. The Morgan fingerprint density at radius 3 is 2.23 bits per heavy atom. The number of halogens is 4. The van der Waals surface area contributed by atoms with Gasteiger partial charge >= 0.3 is 0 Å². The van der Waals surface area contributed by atoms with Gasteiger partial charge in [0.2, 0.25) is 0 Å². The molecule has 0 aliphatic rings. The predicted octanol–water partition coefficient (Wildman–Crippen LogP) is 3.03. The van der Waals surface area contributed by atoms with Crippen LogP contribution in [0.25, 0.3) is 0 Å². The Balaban J connectivity index is 0.00000144. The van der Waals surface area contributed by atoms with Crippen molar-refractivity contribution >= 4 is 24.0 Å². The molecule has 1 aromatic carbocycles. The first-order valence-corrected chi connectivity index (χ1v) is 3.79. The largest absolute Gasteiger partial charge is 0.319 e. The van der Waals surface area contributed by atoms with Gasteiger partial charge < -0.3 is 5.73 Å². The number of hydrogen-bond donors (Lipinski definition) is 1. The highest BCUT2D eigenvalue weighted by Gasteiger charge is 2.19. The standard InChI is InChI=1S/C8H8ClF2N.ClH/c9-6-4-2-1-3-5(6)7(12)8(10)11;/h1-4,7-8H,12H2;1H/t7-;/m0./s1. The van der Waals surface area contributed by atoms with Gasteiger partial charge in [-0.15, -0.1) is 12.4 Å². The van der Waals surface area contributed by atoms with Crippen molar-refractivity contribution in [3.63, 3.8) is 0 Å². The molecule has 1 nitrogen and oxygen atoms in total. The second-order valence-electron chi connectivity index (χ2n) is 2.38. The zero-order chi connectivity index (χ0) is 9.14. The van der Waals surface area contributed by atoms with Crippen LogP contribution >= 0.6 is 24.0 Å². The summed E-state index contributed by atoms with van der Waals surface area (Å²) in [7, 11) is 0. The van der Waals surface area contributed by atoms with E-state index in [1.165, 1.54) is 6.07 Å². The minimum Gasteiger partial charge on any atom is -0.319 e. The summed E-state index contributed by atoms with van der Waals surface area (Å²) in [6.45, 7) is 0. The van der Waals surface area contributed by atoms with Crippen LogP contribution in [-0.4, -0.2) is 6.43 Å². The quantitative estimate of drug-likeness (QED) is 0.827. The average Bonchev–Trinajstić information content (AvgIpc) is 2.04. The van der Waals surface area contributed by atoms with E-state index in [1.54, 1.807) is 18.2 Å². The monoisotopic (exact) mass is 227 g/mol. The van der Waals surface area contributed by atoms with Crippen LogP contribution in [0.2, 0.25) is 5.02 Å². The third-order valence-electron chi connectivity index (χ3n) is 1.54. The van der Waals surface area contributed by atoms with E-state index in [4.69, 9.17) is 17.3 Å². The van der Waals surface area contributed by atoms with Crippen LogP contribution in [-0.2, 0) is 0 Å². The van der Waals surface area contributed by atoms with Crippen molar-refractivity contribution in [3.05, 3.63) is 34.9 Å². The minimum atomic E-state index is -2.58. The Labute approximate surface area is 86.3 Å². The number of benzene rings is 1. The highest BCUT2D eigenvalue weighted by atomic mass is 35.5. The van der Waals surface area contributed by atoms with E-state index in [1.807, 2.05) is 0 Å². The third kappa shape index (κ3) is 3.10. The first-order chi connectivity index (χ1) is 5.63. The fourth-order valence-corrected chi connectivity index (χ4v) is 1.14. The molecule has 0 amide bonds. The first kappa shape index (κ1) is 12.6. The molecule has 0 saturated heterocycles. The van der Waals surface area contributed by atoms with Crippen LogP contribution in [0.5, 0.6) is 0 Å². The maximum Gasteiger partial charge on any atom is 0.257 e. The molecule has 1 rings (SSSR count). The summed E-state index contributed by atoms with van der Waals surface area (Å²) in [4.78, 5) is 0. The molecule has 0 fully saturated rings. The van der Waals surface area contributed by atoms with Crippen LogP contribution in [0.15, 0.2) is 24.3 Å². The van der Waals surface area contributed by atoms with Gasteiger partial charge in [0.25, 0.3) is 6.43 Å². The molecule has 0 bridgehead atoms. The van der Waals surface area contributed by atoms with E-state index >= 15 is 0 Å². The van der Waals surface area contributed by atoms with E-state index in [0.717, 1.165) is 0 Å². The van der Waals surface area contributed by atoms with Gasteiger partial charge in [0.15, 0.2) is 0 Å². The normalized spacial score (nSPS) is 12.4. The van der Waals surface area contributed by atoms with Crippen LogP contribution in [0, 0.1) is 0 Å².